The molecule has 2 saturated heterocycles. The second-order valence-corrected chi connectivity index (χ2v) is 32.2. The number of nitrogens with zero attached hydrogens (tertiary/aromatic N) is 2. The quantitative estimate of drug-likeness (QED) is 0.0355. The molecule has 1 saturated carbocycles. The minimum atomic E-state index is -2.52. The van der Waals surface area contributed by atoms with Gasteiger partial charge in [-0.2, -0.15) is 0 Å². The number of rotatable bonds is 21. The molecule has 0 spiro atoms. The lowest BCUT2D eigenvalue weighted by molar-refractivity contribution is -0.265. The number of ether oxygens (including phenoxy) is 9. The van der Waals surface area contributed by atoms with Gasteiger partial charge in [0.05, 0.1) is 36.8 Å². The van der Waals surface area contributed by atoms with Gasteiger partial charge in [0.25, 0.3) is 11.7 Å². The van der Waals surface area contributed by atoms with E-state index in [-0.39, 0.29) is 99.8 Å². The number of ketones is 5. The average Bonchev–Trinajstić information content (AvgIpc) is 1.67. The van der Waals surface area contributed by atoms with Crippen molar-refractivity contribution in [1.29, 1.82) is 0 Å². The van der Waals surface area contributed by atoms with Crippen LogP contribution in [0, 0.1) is 58.2 Å². The minimum absolute atomic E-state index is 0.0244. The number of cyclic esters (lactones) is 2. The van der Waals surface area contributed by atoms with Crippen LogP contribution in [0.2, 0.25) is 0 Å². The first-order valence-corrected chi connectivity index (χ1v) is 39.1. The van der Waals surface area contributed by atoms with Crippen LogP contribution in [0.4, 0.5) is 0 Å². The van der Waals surface area contributed by atoms with Gasteiger partial charge < -0.3 is 57.7 Å². The van der Waals surface area contributed by atoms with Crippen LogP contribution in [0.15, 0.2) is 108 Å². The minimum Gasteiger partial charge on any atom is -0.462 e. The molecule has 4 aliphatic heterocycles. The van der Waals surface area contributed by atoms with Crippen LogP contribution in [0.5, 0.6) is 0 Å². The van der Waals surface area contributed by atoms with Gasteiger partial charge in [0.15, 0.2) is 11.6 Å². The summed E-state index contributed by atoms with van der Waals surface area (Å²) in [5.41, 5.74) is -0.457. The Morgan fingerprint density at radius 3 is 2.13 bits per heavy atom. The molecule has 1 amide bonds. The highest BCUT2D eigenvalue weighted by Crippen LogP contribution is 2.62. The Hall–Kier alpha value is -7.45. The monoisotopic (exact) mass is 1520 g/mol. The van der Waals surface area contributed by atoms with E-state index in [1.54, 1.807) is 78.2 Å². The first-order valence-electron chi connectivity index (χ1n) is 39.1. The zero-order chi connectivity index (χ0) is 80.0. The standard InChI is InChI=1S/C85H118N2O22/c1-16-38-86(39-17-2)47-60-72-77(95)76(94)71-61-36-37-67(83(61,11)46-66(104-56(10)88)73(71)84(72,12)68(48-101-13)108-81(60)98)107-70(91)29-22-21-28-69(90)105-58-34-31-57(32-35-58)43-52(6)65-45-63(89)51(5)42-54(8)75(93)78(103-15)74(92)53(7)41-49(3)25-19-18-20-26-50(4)64(102-14)44-59-33-30-55(9)85(100,109-59)79(96)80(97)87-40-24-23-27-62(87)82(99)106-65/h16-20,23-26,36,42,49,52-55,57-60,62,64-68,72,75,78,93,100H,1-2,21-22,27-35,37-41,43-48H2,3-15H3/t49-,52-,53-,54?,55-,57?,58?,59+,60?,62+,64+,65+,66-,67+,68-,72?,75-,78+,83+,84+,85-/m1/s1. The van der Waals surface area contributed by atoms with Gasteiger partial charge in [0.2, 0.25) is 17.4 Å². The molecule has 2 N–H and O–H groups in total. The molecule has 600 valence electrons. The lowest BCUT2D eigenvalue weighted by Crippen LogP contribution is -2.65. The first-order chi connectivity index (χ1) is 51.7. The van der Waals surface area contributed by atoms with Crippen LogP contribution in [0.25, 0.3) is 0 Å². The van der Waals surface area contributed by atoms with Crippen LogP contribution >= 0.6 is 0 Å². The van der Waals surface area contributed by atoms with Crippen molar-refractivity contribution in [3.63, 3.8) is 0 Å². The molecule has 19 atom stereocenters. The topological polar surface area (TPSA) is 318 Å². The number of methoxy groups -OCH3 is 3. The van der Waals surface area contributed by atoms with E-state index in [1.807, 2.05) is 63.0 Å². The zero-order valence-corrected chi connectivity index (χ0v) is 66.2. The molecule has 8 rings (SSSR count). The number of allylic oxidation sites excluding steroid dienone is 7. The number of unbranched alkanes of at least 4 members (excludes halogenated alkanes) is 1. The van der Waals surface area contributed by atoms with E-state index in [0.29, 0.717) is 82.0 Å². The predicted octanol–water partition coefficient (Wildman–Crippen LogP) is 9.96. The molecule has 24 nitrogen and oxygen atoms in total. The number of carbonyl (C=O) groups excluding carboxylic acids is 11. The molecule has 3 unspecified atom stereocenters. The predicted molar refractivity (Wildman–Crippen MR) is 403 cm³/mol. The highest BCUT2D eigenvalue weighted by atomic mass is 16.6. The van der Waals surface area contributed by atoms with Crippen molar-refractivity contribution in [3.05, 3.63) is 108 Å². The molecule has 109 heavy (non-hydrogen) atoms. The second-order valence-electron chi connectivity index (χ2n) is 32.2. The Kier molecular flexibility index (Phi) is 30.9. The number of aliphatic hydroxyl groups is 2. The second kappa shape index (κ2) is 38.7. The van der Waals surface area contributed by atoms with Crippen molar-refractivity contribution in [2.75, 3.05) is 54.1 Å². The first kappa shape index (κ1) is 87.1. The van der Waals surface area contributed by atoms with E-state index in [9.17, 15) is 63.0 Å². The number of amides is 1. The Balaban J connectivity index is 0.903. The fraction of sp³-hybridized carbons (Fsp3) is 0.659. The van der Waals surface area contributed by atoms with E-state index in [1.165, 1.54) is 21.1 Å². The summed E-state index contributed by atoms with van der Waals surface area (Å²) in [6.45, 7) is 25.5. The van der Waals surface area contributed by atoms with Gasteiger partial charge in [-0.25, -0.2) is 4.79 Å². The van der Waals surface area contributed by atoms with Gasteiger partial charge in [-0.3, -0.25) is 52.8 Å². The summed E-state index contributed by atoms with van der Waals surface area (Å²) in [5.74, 6) is -15.1. The Labute approximate surface area is 642 Å². The van der Waals surface area contributed by atoms with Crippen molar-refractivity contribution in [2.45, 2.75) is 245 Å². The molecule has 0 aromatic heterocycles. The summed E-state index contributed by atoms with van der Waals surface area (Å²) in [6.07, 6.45) is 16.3. The third-order valence-corrected chi connectivity index (χ3v) is 24.2. The van der Waals surface area contributed by atoms with Crippen LogP contribution in [-0.4, -0.2) is 206 Å². The molecule has 4 aliphatic carbocycles. The summed E-state index contributed by atoms with van der Waals surface area (Å²) < 4.78 is 54.0. The summed E-state index contributed by atoms with van der Waals surface area (Å²) in [7, 11) is 4.35. The van der Waals surface area contributed by atoms with Crippen molar-refractivity contribution in [2.24, 2.45) is 58.2 Å². The average molecular weight is 1520 g/mol. The summed E-state index contributed by atoms with van der Waals surface area (Å²) in [5, 5.41) is 23.8. The van der Waals surface area contributed by atoms with E-state index >= 15 is 0 Å². The highest BCUT2D eigenvalue weighted by molar-refractivity contribution is 6.47. The smallest absolute Gasteiger partial charge is 0.329 e. The van der Waals surface area contributed by atoms with Crippen molar-refractivity contribution in [3.8, 4) is 0 Å². The number of aliphatic hydroxyl groups excluding tert-OH is 1. The Morgan fingerprint density at radius 1 is 0.807 bits per heavy atom. The number of fused-ring (bicyclic) bond motifs is 7. The maximum Gasteiger partial charge on any atom is 0.329 e. The maximum absolute atomic E-state index is 14.8. The normalized spacial score (nSPS) is 35.0. The number of Topliss-reactive ketones (excluding diaryl/α,β-unsaturated/α-hetero) is 5. The molecule has 8 aliphatic rings. The fourth-order valence-corrected chi connectivity index (χ4v) is 17.9. The molecule has 0 aromatic rings. The van der Waals surface area contributed by atoms with Crippen molar-refractivity contribution < 1.29 is 106 Å². The summed E-state index contributed by atoms with van der Waals surface area (Å²) in [6, 6.07) is -1.31. The lowest BCUT2D eigenvalue weighted by atomic mass is 9.50. The van der Waals surface area contributed by atoms with Crippen molar-refractivity contribution in [1.82, 2.24) is 9.80 Å². The molecule has 4 heterocycles. The Bertz CT molecular complexity index is 3620. The van der Waals surface area contributed by atoms with Crippen LogP contribution in [0.3, 0.4) is 0 Å². The molecule has 24 heteroatoms. The number of hydrogen-bond donors (Lipinski definition) is 2. The van der Waals surface area contributed by atoms with Gasteiger partial charge in [0.1, 0.15) is 42.7 Å². The molecular formula is C85H118N2O22. The van der Waals surface area contributed by atoms with E-state index in [0.717, 1.165) is 10.5 Å². The number of hydrogen-bond acceptors (Lipinski definition) is 23. The van der Waals surface area contributed by atoms with Gasteiger partial charge in [0, 0.05) is 127 Å². The molecule has 2 bridgehead atoms. The third kappa shape index (κ3) is 20.3. The molecule has 0 aromatic carbocycles. The van der Waals surface area contributed by atoms with E-state index < -0.39 is 172 Å². The maximum atomic E-state index is 14.8. The van der Waals surface area contributed by atoms with E-state index in [2.05, 4.69) is 13.2 Å². The largest absolute Gasteiger partial charge is 0.462 e. The summed E-state index contributed by atoms with van der Waals surface area (Å²) in [4.78, 5) is 159. The van der Waals surface area contributed by atoms with Gasteiger partial charge in [-0.1, -0.05) is 115 Å². The molecule has 3 fully saturated rings. The van der Waals surface area contributed by atoms with Crippen LogP contribution in [0.1, 0.15) is 178 Å². The van der Waals surface area contributed by atoms with Crippen LogP contribution < -0.4 is 0 Å². The summed E-state index contributed by atoms with van der Waals surface area (Å²) >= 11 is 0. The van der Waals surface area contributed by atoms with Gasteiger partial charge in [-0.15, -0.1) is 13.2 Å². The molecule has 0 radical (unpaired) electrons. The Morgan fingerprint density at radius 2 is 1.49 bits per heavy atom. The highest BCUT2D eigenvalue weighted by Gasteiger charge is 2.68. The SMILES string of the molecule is C=CCN(CC=C)CC1C(=O)O[C@H](COC)[C@]2(C)C3=C(C(=O)C(=O)C12)C1=CC[C@H](OC(=O)CCCCC(=O)OC2CCC(C[C@@H](C)[C@@H]4CC(=O)C(C)=CC(C)[C@@H](O)[C@@H](OC)C(=O)[C@H](C)C[C@H](C)C=CC=CC=C(C)[C@@H](OC)C[C@@H]5CC[C@@H](C)[C@@](O)(O5)C(=O)C(=O)N5CC=CC[C@H]5C(=O)O4)CC2)[C@@]1(C)C[C@H]3OC(C)=O. The van der Waals surface area contributed by atoms with Gasteiger partial charge >= 0.3 is 29.8 Å². The van der Waals surface area contributed by atoms with Gasteiger partial charge in [-0.05, 0) is 125 Å². The number of carbonyl (C=O) groups is 11. The van der Waals surface area contributed by atoms with Crippen molar-refractivity contribution >= 4 is 64.7 Å². The molecular weight excluding hydrogens is 1400 g/mol. The lowest BCUT2D eigenvalue weighted by Gasteiger charge is -2.56. The fourth-order valence-electron chi connectivity index (χ4n) is 17.9. The third-order valence-electron chi connectivity index (χ3n) is 24.2. The van der Waals surface area contributed by atoms with Crippen LogP contribution in [-0.2, 0) is 95.4 Å². The van der Waals surface area contributed by atoms with E-state index in [4.69, 9.17) is 42.6 Å². The zero-order valence-electron chi connectivity index (χ0n) is 66.2. The number of esters is 5.